The van der Waals surface area contributed by atoms with Crippen LogP contribution in [0.2, 0.25) is 0 Å². The first-order valence-corrected chi connectivity index (χ1v) is 5.58. The van der Waals surface area contributed by atoms with Crippen molar-refractivity contribution in [1.29, 1.82) is 5.26 Å². The van der Waals surface area contributed by atoms with E-state index in [4.69, 9.17) is 15.7 Å². The molecular formula is C12H14N4O4. The van der Waals surface area contributed by atoms with Crippen LogP contribution in [0.3, 0.4) is 0 Å². The molecule has 0 aliphatic carbocycles. The van der Waals surface area contributed by atoms with Crippen LogP contribution in [0, 0.1) is 11.3 Å². The first-order valence-electron chi connectivity index (χ1n) is 5.58. The number of aromatic nitrogens is 1. The lowest BCUT2D eigenvalue weighted by atomic mass is 10.2. The lowest BCUT2D eigenvalue weighted by Crippen LogP contribution is -2.28. The molecule has 0 aliphatic rings. The Kier molecular flexibility index (Phi) is 4.48. The maximum Gasteiger partial charge on any atom is 0.413 e. The fourth-order valence-electron chi connectivity index (χ4n) is 1.19. The number of primary amides is 1. The van der Waals surface area contributed by atoms with Gasteiger partial charge in [0.2, 0.25) is 0 Å². The molecule has 8 nitrogen and oxygen atoms in total. The molecule has 0 aliphatic heterocycles. The Balaban J connectivity index is 2.96. The number of rotatable bonds is 2. The molecule has 0 saturated heterocycles. The van der Waals surface area contributed by atoms with Crippen molar-refractivity contribution in [3.8, 4) is 11.8 Å². The third kappa shape index (κ3) is 4.81. The largest absolute Gasteiger partial charge is 0.444 e. The third-order valence-electron chi connectivity index (χ3n) is 1.81. The summed E-state index contributed by atoms with van der Waals surface area (Å²) in [6.45, 7) is 5.08. The second-order valence-electron chi connectivity index (χ2n) is 4.73. The molecule has 3 N–H and O–H groups in total. The highest BCUT2D eigenvalue weighted by Gasteiger charge is 2.19. The highest BCUT2D eigenvalue weighted by molar-refractivity contribution is 5.86. The summed E-state index contributed by atoms with van der Waals surface area (Å²) in [5.41, 5.74) is 4.36. The van der Waals surface area contributed by atoms with Crippen LogP contribution in [0.4, 0.5) is 15.4 Å². The van der Waals surface area contributed by atoms with Gasteiger partial charge in [0.05, 0.1) is 5.56 Å². The zero-order valence-corrected chi connectivity index (χ0v) is 11.3. The summed E-state index contributed by atoms with van der Waals surface area (Å²) in [6.07, 6.45) is -0.654. The number of nitriles is 1. The normalized spacial score (nSPS) is 10.3. The molecule has 0 unspecified atom stereocenters. The zero-order chi connectivity index (χ0) is 15.3. The number of nitrogens with two attached hydrogens (primary N) is 1. The number of hydrogen-bond acceptors (Lipinski definition) is 6. The van der Waals surface area contributed by atoms with E-state index in [9.17, 15) is 9.59 Å². The van der Waals surface area contributed by atoms with E-state index in [-0.39, 0.29) is 17.1 Å². The molecule has 0 radical (unpaired) electrons. The quantitative estimate of drug-likeness (QED) is 0.848. The number of carbonyl (C=O) groups excluding carboxylic acids is 2. The molecule has 1 heterocycles. The maximum absolute atomic E-state index is 11.6. The number of nitrogens with one attached hydrogen (secondary N) is 1. The van der Waals surface area contributed by atoms with Crippen molar-refractivity contribution in [3.63, 3.8) is 0 Å². The smallest absolute Gasteiger partial charge is 0.413 e. The van der Waals surface area contributed by atoms with E-state index >= 15 is 0 Å². The molecule has 1 aromatic rings. The molecule has 0 bridgehead atoms. The van der Waals surface area contributed by atoms with Crippen molar-refractivity contribution in [2.45, 2.75) is 26.4 Å². The molecule has 0 aromatic carbocycles. The van der Waals surface area contributed by atoms with Crippen LogP contribution >= 0.6 is 0 Å². The van der Waals surface area contributed by atoms with Crippen LogP contribution in [0.15, 0.2) is 12.3 Å². The predicted octanol–water partition coefficient (Wildman–Crippen LogP) is 1.76. The Morgan fingerprint density at radius 1 is 1.45 bits per heavy atom. The van der Waals surface area contributed by atoms with Gasteiger partial charge in [0, 0.05) is 12.3 Å². The van der Waals surface area contributed by atoms with Crippen LogP contribution in [0.1, 0.15) is 26.3 Å². The Morgan fingerprint density at radius 3 is 2.60 bits per heavy atom. The number of amides is 2. The van der Waals surface area contributed by atoms with Crippen molar-refractivity contribution in [3.05, 3.63) is 17.8 Å². The fourth-order valence-corrected chi connectivity index (χ4v) is 1.19. The maximum atomic E-state index is 11.6. The van der Waals surface area contributed by atoms with E-state index in [1.165, 1.54) is 12.3 Å². The number of nitrogens with zero attached hydrogens (tertiary/aromatic N) is 2. The lowest BCUT2D eigenvalue weighted by molar-refractivity contribution is 0.0634. The average molecular weight is 278 g/mol. The van der Waals surface area contributed by atoms with Gasteiger partial charge in [-0.15, -0.1) is 0 Å². The molecule has 2 amide bonds. The van der Waals surface area contributed by atoms with Crippen molar-refractivity contribution < 1.29 is 19.1 Å². The Bertz CT molecular complexity index is 572. The Labute approximate surface area is 115 Å². The number of pyridine rings is 1. The van der Waals surface area contributed by atoms with Crippen molar-refractivity contribution >= 4 is 18.0 Å². The topological polar surface area (TPSA) is 127 Å². The molecule has 1 aromatic heterocycles. The van der Waals surface area contributed by atoms with Gasteiger partial charge in [-0.1, -0.05) is 0 Å². The zero-order valence-electron chi connectivity index (χ0n) is 11.3. The Hall–Kier alpha value is -2.82. The number of ether oxygens (including phenoxy) is 2. The number of carbonyl (C=O) groups is 2. The highest BCUT2D eigenvalue weighted by Crippen LogP contribution is 2.23. The SMILES string of the molecule is CC(C)(C)OC(=O)Nc1ncc(C#N)cc1OC(N)=O. The van der Waals surface area contributed by atoms with E-state index in [0.717, 1.165) is 0 Å². The van der Waals surface area contributed by atoms with Gasteiger partial charge in [0.1, 0.15) is 11.7 Å². The van der Waals surface area contributed by atoms with Crippen molar-refractivity contribution in [2.24, 2.45) is 5.73 Å². The first-order chi connectivity index (χ1) is 9.21. The Morgan fingerprint density at radius 2 is 2.10 bits per heavy atom. The van der Waals surface area contributed by atoms with E-state index in [2.05, 4.69) is 15.0 Å². The molecule has 20 heavy (non-hydrogen) atoms. The molecule has 0 spiro atoms. The van der Waals surface area contributed by atoms with Gasteiger partial charge in [-0.2, -0.15) is 5.26 Å². The van der Waals surface area contributed by atoms with Gasteiger partial charge in [-0.05, 0) is 20.8 Å². The highest BCUT2D eigenvalue weighted by atomic mass is 16.6. The van der Waals surface area contributed by atoms with Crippen LogP contribution in [-0.2, 0) is 4.74 Å². The monoisotopic (exact) mass is 278 g/mol. The average Bonchev–Trinajstić information content (AvgIpc) is 2.28. The van der Waals surface area contributed by atoms with E-state index < -0.39 is 17.8 Å². The van der Waals surface area contributed by atoms with E-state index in [1.807, 2.05) is 6.07 Å². The molecule has 0 saturated carbocycles. The van der Waals surface area contributed by atoms with Crippen molar-refractivity contribution in [1.82, 2.24) is 4.98 Å². The third-order valence-corrected chi connectivity index (χ3v) is 1.81. The molecular weight excluding hydrogens is 264 g/mol. The van der Waals surface area contributed by atoms with Gasteiger partial charge in [0.25, 0.3) is 0 Å². The van der Waals surface area contributed by atoms with Gasteiger partial charge in [0.15, 0.2) is 11.6 Å². The standard InChI is InChI=1S/C12H14N4O4/c1-12(2,3)20-11(18)16-9-8(19-10(14)17)4-7(5-13)6-15-9/h4,6H,1-3H3,(H2,14,17)(H,15,16,18). The first kappa shape index (κ1) is 15.2. The minimum Gasteiger partial charge on any atom is -0.444 e. The second kappa shape index (κ2) is 5.88. The summed E-state index contributed by atoms with van der Waals surface area (Å²) in [5, 5.41) is 11.1. The van der Waals surface area contributed by atoms with Crippen LogP contribution in [0.25, 0.3) is 0 Å². The second-order valence-corrected chi connectivity index (χ2v) is 4.73. The molecule has 1 rings (SSSR count). The summed E-state index contributed by atoms with van der Waals surface area (Å²) in [7, 11) is 0. The molecule has 0 fully saturated rings. The summed E-state index contributed by atoms with van der Waals surface area (Å²) >= 11 is 0. The fraction of sp³-hybridized carbons (Fsp3) is 0.333. The predicted molar refractivity (Wildman–Crippen MR) is 69.0 cm³/mol. The molecule has 0 atom stereocenters. The van der Waals surface area contributed by atoms with Gasteiger partial charge in [-0.3, -0.25) is 5.32 Å². The molecule has 106 valence electrons. The van der Waals surface area contributed by atoms with Gasteiger partial charge >= 0.3 is 12.2 Å². The van der Waals surface area contributed by atoms with Crippen LogP contribution in [0.5, 0.6) is 5.75 Å². The summed E-state index contributed by atoms with van der Waals surface area (Å²) in [4.78, 5) is 26.2. The minimum absolute atomic E-state index is 0.0722. The van der Waals surface area contributed by atoms with E-state index in [1.54, 1.807) is 20.8 Å². The van der Waals surface area contributed by atoms with Crippen LogP contribution in [-0.4, -0.2) is 22.8 Å². The molecule has 8 heteroatoms. The van der Waals surface area contributed by atoms with Crippen molar-refractivity contribution in [2.75, 3.05) is 5.32 Å². The minimum atomic E-state index is -1.09. The van der Waals surface area contributed by atoms with E-state index in [0.29, 0.717) is 0 Å². The summed E-state index contributed by atoms with van der Waals surface area (Å²) < 4.78 is 9.71. The lowest BCUT2D eigenvalue weighted by Gasteiger charge is -2.19. The summed E-state index contributed by atoms with van der Waals surface area (Å²) in [5.74, 6) is -0.209. The number of hydrogen-bond donors (Lipinski definition) is 2. The van der Waals surface area contributed by atoms with Gasteiger partial charge in [-0.25, -0.2) is 14.6 Å². The summed E-state index contributed by atoms with van der Waals surface area (Å²) in [6, 6.07) is 3.05. The van der Waals surface area contributed by atoms with Crippen LogP contribution < -0.4 is 15.8 Å². The van der Waals surface area contributed by atoms with Gasteiger partial charge < -0.3 is 15.2 Å². The number of anilines is 1.